The van der Waals surface area contributed by atoms with Crippen molar-refractivity contribution in [3.05, 3.63) is 58.6 Å². The summed E-state index contributed by atoms with van der Waals surface area (Å²) >= 11 is 5.80. The third kappa shape index (κ3) is 3.31. The molecule has 0 saturated heterocycles. The summed E-state index contributed by atoms with van der Waals surface area (Å²) in [4.78, 5) is 11.2. The first-order valence-electron chi connectivity index (χ1n) is 6.28. The van der Waals surface area contributed by atoms with Gasteiger partial charge in [-0.2, -0.15) is 0 Å². The highest BCUT2D eigenvalue weighted by Gasteiger charge is 2.13. The number of ether oxygens (including phenoxy) is 1. The van der Waals surface area contributed by atoms with Crippen LogP contribution in [-0.2, 0) is 0 Å². The van der Waals surface area contributed by atoms with Crippen LogP contribution in [0.15, 0.2) is 42.5 Å². The summed E-state index contributed by atoms with van der Waals surface area (Å²) in [6.45, 7) is 4.22. The molecule has 1 N–H and O–H groups in total. The molecule has 0 atom stereocenters. The number of rotatable bonds is 4. The van der Waals surface area contributed by atoms with Crippen molar-refractivity contribution < 1.29 is 14.6 Å². The molecule has 0 spiro atoms. The fourth-order valence-corrected chi connectivity index (χ4v) is 1.98. The molecule has 104 valence electrons. The molecular weight excluding hydrogens is 276 g/mol. The molecule has 0 amide bonds. The molecule has 4 heteroatoms. The lowest BCUT2D eigenvalue weighted by molar-refractivity contribution is 0.0694. The topological polar surface area (TPSA) is 46.5 Å². The highest BCUT2D eigenvalue weighted by Crippen LogP contribution is 2.29. The Bertz CT molecular complexity index is 618. The van der Waals surface area contributed by atoms with Crippen LogP contribution in [0.3, 0.4) is 0 Å². The molecule has 0 fully saturated rings. The van der Waals surface area contributed by atoms with Gasteiger partial charge >= 0.3 is 5.97 Å². The van der Waals surface area contributed by atoms with Crippen LogP contribution >= 0.6 is 11.6 Å². The zero-order chi connectivity index (χ0) is 14.7. The number of halogens is 1. The Morgan fingerprint density at radius 3 is 2.35 bits per heavy atom. The number of carboxylic acids is 1. The van der Waals surface area contributed by atoms with Gasteiger partial charge in [0.2, 0.25) is 0 Å². The predicted octanol–water partition coefficient (Wildman–Crippen LogP) is 4.95. The maximum Gasteiger partial charge on any atom is 0.339 e. The highest BCUT2D eigenvalue weighted by atomic mass is 35.5. The molecule has 20 heavy (non-hydrogen) atoms. The van der Waals surface area contributed by atoms with Crippen molar-refractivity contribution in [1.82, 2.24) is 0 Å². The van der Waals surface area contributed by atoms with Gasteiger partial charge in [-0.15, -0.1) is 0 Å². The maximum absolute atomic E-state index is 11.2. The highest BCUT2D eigenvalue weighted by molar-refractivity contribution is 6.31. The van der Waals surface area contributed by atoms with Gasteiger partial charge in [-0.3, -0.25) is 0 Å². The molecule has 2 aromatic rings. The Labute approximate surface area is 122 Å². The molecule has 0 aliphatic heterocycles. The number of hydrogen-bond acceptors (Lipinski definition) is 2. The molecule has 0 aliphatic carbocycles. The summed E-state index contributed by atoms with van der Waals surface area (Å²) in [6.07, 6.45) is 0. The number of benzene rings is 2. The second-order valence-electron chi connectivity index (χ2n) is 4.77. The van der Waals surface area contributed by atoms with Gasteiger partial charge in [-0.05, 0) is 41.8 Å². The van der Waals surface area contributed by atoms with Crippen molar-refractivity contribution in [2.24, 2.45) is 0 Å². The van der Waals surface area contributed by atoms with Gasteiger partial charge in [0.25, 0.3) is 0 Å². The predicted molar refractivity (Wildman–Crippen MR) is 79.0 cm³/mol. The molecule has 0 radical (unpaired) electrons. The van der Waals surface area contributed by atoms with Crippen molar-refractivity contribution in [1.29, 1.82) is 0 Å². The lowest BCUT2D eigenvalue weighted by Crippen LogP contribution is -2.00. The minimum Gasteiger partial charge on any atom is -0.478 e. The minimum absolute atomic E-state index is 0.0467. The minimum atomic E-state index is -1.07. The Morgan fingerprint density at radius 1 is 1.15 bits per heavy atom. The van der Waals surface area contributed by atoms with Crippen molar-refractivity contribution in [2.75, 3.05) is 0 Å². The van der Waals surface area contributed by atoms with E-state index in [-0.39, 0.29) is 11.3 Å². The standard InChI is InChI=1S/C16H15ClO3/c1-10(2)11-3-6-13(7-4-11)20-15-8-5-12(17)9-14(15)16(18)19/h3-10H,1-2H3,(H,18,19). The first kappa shape index (κ1) is 14.4. The first-order valence-corrected chi connectivity index (χ1v) is 6.66. The Hall–Kier alpha value is -2.00. The number of hydrogen-bond donors (Lipinski definition) is 1. The van der Waals surface area contributed by atoms with E-state index in [0.717, 1.165) is 0 Å². The van der Waals surface area contributed by atoms with E-state index in [9.17, 15) is 4.79 Å². The van der Waals surface area contributed by atoms with Crippen LogP contribution < -0.4 is 4.74 Å². The average molecular weight is 291 g/mol. The molecule has 0 saturated carbocycles. The first-order chi connectivity index (χ1) is 9.47. The normalized spacial score (nSPS) is 10.6. The molecule has 0 aromatic heterocycles. The summed E-state index contributed by atoms with van der Waals surface area (Å²) in [6, 6.07) is 12.1. The maximum atomic E-state index is 11.2. The van der Waals surface area contributed by atoms with Crippen LogP contribution in [-0.4, -0.2) is 11.1 Å². The number of carbonyl (C=O) groups is 1. The van der Waals surface area contributed by atoms with E-state index in [0.29, 0.717) is 16.7 Å². The number of carboxylic acid groups (broad SMARTS) is 1. The molecule has 2 aromatic carbocycles. The van der Waals surface area contributed by atoms with Crippen molar-refractivity contribution in [3.63, 3.8) is 0 Å². The van der Waals surface area contributed by atoms with Gasteiger partial charge < -0.3 is 9.84 Å². The van der Waals surface area contributed by atoms with Gasteiger partial charge in [-0.1, -0.05) is 37.6 Å². The van der Waals surface area contributed by atoms with Crippen LogP contribution in [0.5, 0.6) is 11.5 Å². The zero-order valence-corrected chi connectivity index (χ0v) is 12.0. The van der Waals surface area contributed by atoms with Gasteiger partial charge in [0.1, 0.15) is 17.1 Å². The fraction of sp³-hybridized carbons (Fsp3) is 0.188. The fourth-order valence-electron chi connectivity index (χ4n) is 1.81. The smallest absolute Gasteiger partial charge is 0.339 e. The average Bonchev–Trinajstić information content (AvgIpc) is 2.41. The van der Waals surface area contributed by atoms with Crippen molar-refractivity contribution in [3.8, 4) is 11.5 Å². The Balaban J connectivity index is 2.28. The van der Waals surface area contributed by atoms with Crippen LogP contribution in [0, 0.1) is 0 Å². The quantitative estimate of drug-likeness (QED) is 0.866. The summed E-state index contributed by atoms with van der Waals surface area (Å²) in [7, 11) is 0. The molecule has 3 nitrogen and oxygen atoms in total. The molecular formula is C16H15ClO3. The lowest BCUT2D eigenvalue weighted by atomic mass is 10.0. The summed E-state index contributed by atoms with van der Waals surface area (Å²) in [5.41, 5.74) is 1.25. The molecule has 2 rings (SSSR count). The van der Waals surface area contributed by atoms with E-state index < -0.39 is 5.97 Å². The zero-order valence-electron chi connectivity index (χ0n) is 11.3. The van der Waals surface area contributed by atoms with Crippen molar-refractivity contribution in [2.45, 2.75) is 19.8 Å². The SMILES string of the molecule is CC(C)c1ccc(Oc2ccc(Cl)cc2C(=O)O)cc1. The third-order valence-electron chi connectivity index (χ3n) is 2.95. The van der Waals surface area contributed by atoms with Crippen LogP contribution in [0.25, 0.3) is 0 Å². The summed E-state index contributed by atoms with van der Waals surface area (Å²) < 4.78 is 5.62. The Morgan fingerprint density at radius 2 is 1.80 bits per heavy atom. The Kier molecular flexibility index (Phi) is 4.30. The molecule has 0 aliphatic rings. The van der Waals surface area contributed by atoms with E-state index in [1.54, 1.807) is 12.1 Å². The summed E-state index contributed by atoms with van der Waals surface area (Å²) in [5.74, 6) is 0.244. The van der Waals surface area contributed by atoms with Gasteiger partial charge in [0, 0.05) is 5.02 Å². The van der Waals surface area contributed by atoms with E-state index in [4.69, 9.17) is 21.4 Å². The molecule has 0 bridgehead atoms. The van der Waals surface area contributed by atoms with Gasteiger partial charge in [0.15, 0.2) is 0 Å². The largest absolute Gasteiger partial charge is 0.478 e. The van der Waals surface area contributed by atoms with Gasteiger partial charge in [0.05, 0.1) is 0 Å². The van der Waals surface area contributed by atoms with Crippen LogP contribution in [0.4, 0.5) is 0 Å². The number of aromatic carboxylic acids is 1. The van der Waals surface area contributed by atoms with E-state index in [2.05, 4.69) is 13.8 Å². The van der Waals surface area contributed by atoms with Gasteiger partial charge in [-0.25, -0.2) is 4.79 Å². The van der Waals surface area contributed by atoms with E-state index in [1.807, 2.05) is 24.3 Å². The van der Waals surface area contributed by atoms with Crippen LogP contribution in [0.1, 0.15) is 35.7 Å². The van der Waals surface area contributed by atoms with E-state index >= 15 is 0 Å². The lowest BCUT2D eigenvalue weighted by Gasteiger charge is -2.10. The van der Waals surface area contributed by atoms with E-state index in [1.165, 1.54) is 11.6 Å². The monoisotopic (exact) mass is 290 g/mol. The van der Waals surface area contributed by atoms with Crippen molar-refractivity contribution >= 4 is 17.6 Å². The molecule has 0 heterocycles. The molecule has 0 unspecified atom stereocenters. The van der Waals surface area contributed by atoms with Crippen LogP contribution in [0.2, 0.25) is 5.02 Å². The second-order valence-corrected chi connectivity index (χ2v) is 5.21. The third-order valence-corrected chi connectivity index (χ3v) is 3.18. The second kappa shape index (κ2) is 5.97. The summed E-state index contributed by atoms with van der Waals surface area (Å²) in [5, 5.41) is 9.51.